The van der Waals surface area contributed by atoms with Gasteiger partial charge in [0.1, 0.15) is 5.76 Å². The minimum atomic E-state index is 0. The molecule has 2 unspecified atom stereocenters. The van der Waals surface area contributed by atoms with Crippen LogP contribution in [0.4, 0.5) is 0 Å². The average Bonchev–Trinajstić information content (AvgIpc) is 3.44. The number of likely N-dealkylation sites (tertiary alicyclic amines) is 1. The van der Waals surface area contributed by atoms with Crippen LogP contribution in [-0.2, 0) is 19.9 Å². The van der Waals surface area contributed by atoms with E-state index in [1.165, 1.54) is 30.6 Å². The van der Waals surface area contributed by atoms with Crippen molar-refractivity contribution in [2.75, 3.05) is 26.2 Å². The first-order valence-corrected chi connectivity index (χ1v) is 11.3. The summed E-state index contributed by atoms with van der Waals surface area (Å²) >= 11 is 0. The quantitative estimate of drug-likeness (QED) is 0.289. The minimum absolute atomic E-state index is 0. The second-order valence-corrected chi connectivity index (χ2v) is 8.39. The molecule has 0 spiro atoms. The molecule has 0 saturated carbocycles. The van der Waals surface area contributed by atoms with Crippen molar-refractivity contribution in [3.63, 3.8) is 0 Å². The summed E-state index contributed by atoms with van der Waals surface area (Å²) in [5.41, 5.74) is 3.66. The molecule has 2 aromatic rings. The lowest BCUT2D eigenvalue weighted by molar-refractivity contribution is 0.273. The average molecular weight is 543 g/mol. The lowest BCUT2D eigenvalue weighted by Gasteiger charge is -2.23. The molecule has 1 saturated heterocycles. The first-order chi connectivity index (χ1) is 14.5. The molecule has 8 heteroatoms. The first-order valence-electron chi connectivity index (χ1n) is 11.3. The molecule has 0 aliphatic carbocycles. The van der Waals surface area contributed by atoms with E-state index in [-0.39, 0.29) is 30.0 Å². The summed E-state index contributed by atoms with van der Waals surface area (Å²) in [4.78, 5) is 7.49. The normalized spacial score (nSPS) is 18.1. The van der Waals surface area contributed by atoms with Crippen LogP contribution in [0, 0.1) is 13.8 Å². The topological polar surface area (TPSA) is 70.6 Å². The molecule has 7 nitrogen and oxygen atoms in total. The van der Waals surface area contributed by atoms with Crippen molar-refractivity contribution >= 4 is 29.9 Å². The third-order valence-electron chi connectivity index (χ3n) is 6.16. The van der Waals surface area contributed by atoms with Crippen molar-refractivity contribution in [2.45, 2.75) is 65.5 Å². The number of halogens is 1. The molecule has 0 aromatic carbocycles. The summed E-state index contributed by atoms with van der Waals surface area (Å²) in [6.07, 6.45) is 6.00. The van der Waals surface area contributed by atoms with Gasteiger partial charge in [0.25, 0.3) is 0 Å². The Hall–Kier alpha value is -1.55. The van der Waals surface area contributed by atoms with E-state index in [4.69, 9.17) is 9.41 Å². The highest BCUT2D eigenvalue weighted by Gasteiger charge is 2.22. The maximum Gasteiger partial charge on any atom is 0.191 e. The fourth-order valence-electron chi connectivity index (χ4n) is 4.33. The van der Waals surface area contributed by atoms with Crippen molar-refractivity contribution in [3.8, 4) is 0 Å². The molecular weight excluding hydrogens is 503 g/mol. The van der Waals surface area contributed by atoms with E-state index in [1.807, 2.05) is 23.9 Å². The lowest BCUT2D eigenvalue weighted by atomic mass is 10.1. The zero-order chi connectivity index (χ0) is 21.5. The molecule has 0 radical (unpaired) electrons. The SMILES string of the molecule is CCN1CCCC1CN=C(NCCc1ccco1)NC(C)Cc1c(C)nn(C)c1C.I. The predicted molar refractivity (Wildman–Crippen MR) is 137 cm³/mol. The number of guanidine groups is 1. The van der Waals surface area contributed by atoms with Crippen molar-refractivity contribution in [1.82, 2.24) is 25.3 Å². The van der Waals surface area contributed by atoms with Gasteiger partial charge in [0.2, 0.25) is 0 Å². The largest absolute Gasteiger partial charge is 0.469 e. The summed E-state index contributed by atoms with van der Waals surface area (Å²) in [5.74, 6) is 1.88. The molecule has 2 atom stereocenters. The van der Waals surface area contributed by atoms with Crippen LogP contribution in [0.2, 0.25) is 0 Å². The number of nitrogens with zero attached hydrogens (tertiary/aromatic N) is 4. The van der Waals surface area contributed by atoms with Gasteiger partial charge in [-0.1, -0.05) is 6.92 Å². The Kier molecular flexibility index (Phi) is 10.3. The molecule has 3 heterocycles. The fourth-order valence-corrected chi connectivity index (χ4v) is 4.33. The summed E-state index contributed by atoms with van der Waals surface area (Å²) in [6, 6.07) is 4.76. The van der Waals surface area contributed by atoms with Crippen LogP contribution in [0.25, 0.3) is 0 Å². The van der Waals surface area contributed by atoms with E-state index >= 15 is 0 Å². The lowest BCUT2D eigenvalue weighted by Crippen LogP contribution is -2.44. The van der Waals surface area contributed by atoms with Crippen molar-refractivity contribution in [1.29, 1.82) is 0 Å². The second kappa shape index (κ2) is 12.5. The van der Waals surface area contributed by atoms with Gasteiger partial charge >= 0.3 is 0 Å². The van der Waals surface area contributed by atoms with Crippen LogP contribution in [0.1, 0.15) is 49.4 Å². The van der Waals surface area contributed by atoms with Gasteiger partial charge < -0.3 is 15.1 Å². The number of nitrogens with one attached hydrogen (secondary N) is 2. The fraction of sp³-hybridized carbons (Fsp3) is 0.652. The standard InChI is InChI=1S/C23H38N6O.HI/c1-6-29-13-7-9-20(29)16-25-23(24-12-11-21-10-8-14-30-21)26-17(2)15-22-18(3)27-28(5)19(22)4;/h8,10,14,17,20H,6-7,9,11-13,15-16H2,1-5H3,(H2,24,25,26);1H. The van der Waals surface area contributed by atoms with E-state index < -0.39 is 0 Å². The Balaban J connectivity index is 0.00000341. The van der Waals surface area contributed by atoms with Crippen LogP contribution in [-0.4, -0.2) is 58.9 Å². The Morgan fingerprint density at radius 1 is 1.39 bits per heavy atom. The third kappa shape index (κ3) is 7.24. The van der Waals surface area contributed by atoms with Crippen LogP contribution in [0.3, 0.4) is 0 Å². The summed E-state index contributed by atoms with van der Waals surface area (Å²) in [6.45, 7) is 12.6. The van der Waals surface area contributed by atoms with E-state index in [0.717, 1.165) is 49.9 Å². The summed E-state index contributed by atoms with van der Waals surface area (Å²) in [5, 5.41) is 11.7. The van der Waals surface area contributed by atoms with E-state index in [0.29, 0.717) is 6.04 Å². The van der Waals surface area contributed by atoms with Gasteiger partial charge in [0.05, 0.1) is 18.5 Å². The molecule has 0 bridgehead atoms. The van der Waals surface area contributed by atoms with Crippen molar-refractivity contribution in [2.24, 2.45) is 12.0 Å². The van der Waals surface area contributed by atoms with Crippen molar-refractivity contribution in [3.05, 3.63) is 41.1 Å². The number of aryl methyl sites for hydroxylation is 2. The van der Waals surface area contributed by atoms with E-state index in [9.17, 15) is 0 Å². The van der Waals surface area contributed by atoms with Gasteiger partial charge in [0, 0.05) is 37.8 Å². The molecule has 2 N–H and O–H groups in total. The number of rotatable bonds is 9. The minimum Gasteiger partial charge on any atom is -0.469 e. The zero-order valence-electron chi connectivity index (χ0n) is 19.6. The highest BCUT2D eigenvalue weighted by atomic mass is 127. The Labute approximate surface area is 204 Å². The molecule has 1 fully saturated rings. The molecule has 1 aliphatic rings. The molecule has 2 aromatic heterocycles. The Morgan fingerprint density at radius 2 is 2.19 bits per heavy atom. The predicted octanol–water partition coefficient (Wildman–Crippen LogP) is 3.44. The van der Waals surface area contributed by atoms with E-state index in [1.54, 1.807) is 6.26 Å². The van der Waals surface area contributed by atoms with Crippen LogP contribution < -0.4 is 10.6 Å². The maximum absolute atomic E-state index is 5.46. The molecular formula is C23H39IN6O. The number of hydrogen-bond acceptors (Lipinski definition) is 4. The van der Waals surface area contributed by atoms with Gasteiger partial charge in [-0.15, -0.1) is 24.0 Å². The monoisotopic (exact) mass is 542 g/mol. The number of hydrogen-bond donors (Lipinski definition) is 2. The van der Waals surface area contributed by atoms with Crippen LogP contribution >= 0.6 is 24.0 Å². The van der Waals surface area contributed by atoms with Crippen molar-refractivity contribution < 1.29 is 4.42 Å². The summed E-state index contributed by atoms with van der Waals surface area (Å²) < 4.78 is 7.42. The number of likely N-dealkylation sites (N-methyl/N-ethyl adjacent to an activating group) is 1. The van der Waals surface area contributed by atoms with Gasteiger partial charge in [-0.25, -0.2) is 0 Å². The molecule has 1 aliphatic heterocycles. The third-order valence-corrected chi connectivity index (χ3v) is 6.16. The highest BCUT2D eigenvalue weighted by Crippen LogP contribution is 2.17. The zero-order valence-corrected chi connectivity index (χ0v) is 22.0. The Morgan fingerprint density at radius 3 is 2.84 bits per heavy atom. The van der Waals surface area contributed by atoms with Gasteiger partial charge in [0.15, 0.2) is 5.96 Å². The molecule has 0 amide bonds. The molecule has 174 valence electrons. The number of furan rings is 1. The first kappa shape index (κ1) is 25.7. The molecule has 31 heavy (non-hydrogen) atoms. The van der Waals surface area contributed by atoms with E-state index in [2.05, 4.69) is 48.3 Å². The summed E-state index contributed by atoms with van der Waals surface area (Å²) in [7, 11) is 2.01. The number of aromatic nitrogens is 2. The van der Waals surface area contributed by atoms with Gasteiger partial charge in [-0.3, -0.25) is 14.6 Å². The van der Waals surface area contributed by atoms with Gasteiger partial charge in [-0.2, -0.15) is 5.10 Å². The smallest absolute Gasteiger partial charge is 0.191 e. The molecule has 3 rings (SSSR count). The Bertz CT molecular complexity index is 816. The number of aliphatic imine (C=N–C) groups is 1. The second-order valence-electron chi connectivity index (χ2n) is 8.39. The highest BCUT2D eigenvalue weighted by molar-refractivity contribution is 14.0. The van der Waals surface area contributed by atoms with Crippen LogP contribution in [0.15, 0.2) is 27.8 Å². The maximum atomic E-state index is 5.46. The van der Waals surface area contributed by atoms with Crippen LogP contribution in [0.5, 0.6) is 0 Å². The van der Waals surface area contributed by atoms with Gasteiger partial charge in [-0.05, 0) is 70.8 Å².